The van der Waals surface area contributed by atoms with Crippen LogP contribution in [0.5, 0.6) is 5.75 Å². The molecule has 2 heterocycles. The molecule has 0 amide bonds. The van der Waals surface area contributed by atoms with Gasteiger partial charge in [0.2, 0.25) is 0 Å². The van der Waals surface area contributed by atoms with Crippen LogP contribution in [-0.4, -0.2) is 18.6 Å². The van der Waals surface area contributed by atoms with Gasteiger partial charge < -0.3 is 14.6 Å². The van der Waals surface area contributed by atoms with Crippen molar-refractivity contribution >= 4 is 16.6 Å². The molecule has 0 spiro atoms. The van der Waals surface area contributed by atoms with Crippen LogP contribution in [0.15, 0.2) is 79.0 Å². The fourth-order valence-electron chi connectivity index (χ4n) is 4.27. The fraction of sp³-hybridized carbons (Fsp3) is 0.167. The van der Waals surface area contributed by atoms with Crippen LogP contribution in [0.1, 0.15) is 22.7 Å². The lowest BCUT2D eigenvalue weighted by Gasteiger charge is -2.39. The third-order valence-corrected chi connectivity index (χ3v) is 5.59. The van der Waals surface area contributed by atoms with Gasteiger partial charge >= 0.3 is 0 Å². The van der Waals surface area contributed by atoms with Gasteiger partial charge in [0.05, 0.1) is 13.2 Å². The Bertz CT molecular complexity index is 1080. The van der Waals surface area contributed by atoms with Gasteiger partial charge in [-0.05, 0) is 47.9 Å². The average Bonchev–Trinajstić information content (AvgIpc) is 3.16. The molecule has 0 fully saturated rings. The van der Waals surface area contributed by atoms with Crippen molar-refractivity contribution in [2.45, 2.75) is 12.5 Å². The number of aromatic nitrogens is 1. The Morgan fingerprint density at radius 3 is 2.59 bits per heavy atom. The number of methoxy groups -OCH3 is 1. The lowest BCUT2D eigenvalue weighted by Crippen LogP contribution is -2.36. The van der Waals surface area contributed by atoms with Crippen LogP contribution in [0.2, 0.25) is 0 Å². The maximum Gasteiger partial charge on any atom is 0.119 e. The van der Waals surface area contributed by atoms with Crippen LogP contribution in [0.25, 0.3) is 10.9 Å². The van der Waals surface area contributed by atoms with Gasteiger partial charge in [0, 0.05) is 34.9 Å². The molecular formula is C24H22N2O. The molecule has 1 aliphatic rings. The Morgan fingerprint density at radius 2 is 1.74 bits per heavy atom. The van der Waals surface area contributed by atoms with E-state index >= 15 is 0 Å². The smallest absolute Gasteiger partial charge is 0.119 e. The van der Waals surface area contributed by atoms with Crippen molar-refractivity contribution < 1.29 is 4.74 Å². The SMILES string of the molecule is COc1ccc2[nH]cc([C@H]3c4ccccc4CCN3c3ccccc3)c2c1. The van der Waals surface area contributed by atoms with E-state index in [1.807, 2.05) is 6.07 Å². The molecule has 0 radical (unpaired) electrons. The molecule has 1 N–H and O–H groups in total. The molecule has 4 aromatic rings. The molecule has 1 aliphatic heterocycles. The number of para-hydroxylation sites is 1. The van der Waals surface area contributed by atoms with Crippen LogP contribution in [-0.2, 0) is 6.42 Å². The first kappa shape index (κ1) is 16.0. The molecule has 1 atom stereocenters. The van der Waals surface area contributed by atoms with Crippen LogP contribution in [0, 0.1) is 0 Å². The second kappa shape index (κ2) is 6.51. The van der Waals surface area contributed by atoms with Gasteiger partial charge in [-0.2, -0.15) is 0 Å². The van der Waals surface area contributed by atoms with Crippen molar-refractivity contribution in [2.75, 3.05) is 18.6 Å². The maximum atomic E-state index is 5.49. The Kier molecular flexibility index (Phi) is 3.86. The summed E-state index contributed by atoms with van der Waals surface area (Å²) in [7, 11) is 1.72. The van der Waals surface area contributed by atoms with Crippen LogP contribution in [0.4, 0.5) is 5.69 Å². The van der Waals surface area contributed by atoms with E-state index in [2.05, 4.69) is 82.8 Å². The molecule has 5 rings (SSSR count). The van der Waals surface area contributed by atoms with Crippen molar-refractivity contribution in [1.29, 1.82) is 0 Å². The number of ether oxygens (including phenoxy) is 1. The van der Waals surface area contributed by atoms with Gasteiger partial charge in [-0.15, -0.1) is 0 Å². The summed E-state index contributed by atoms with van der Waals surface area (Å²) < 4.78 is 5.49. The van der Waals surface area contributed by atoms with Crippen molar-refractivity contribution in [3.63, 3.8) is 0 Å². The molecule has 1 aromatic heterocycles. The molecule has 3 nitrogen and oxygen atoms in total. The highest BCUT2D eigenvalue weighted by molar-refractivity contribution is 5.86. The zero-order valence-electron chi connectivity index (χ0n) is 15.4. The number of fused-ring (bicyclic) bond motifs is 2. The molecule has 0 unspecified atom stereocenters. The first-order chi connectivity index (χ1) is 13.3. The van der Waals surface area contributed by atoms with Gasteiger partial charge in [-0.1, -0.05) is 42.5 Å². The third-order valence-electron chi connectivity index (χ3n) is 5.59. The average molecular weight is 354 g/mol. The van der Waals surface area contributed by atoms with E-state index in [1.165, 1.54) is 27.8 Å². The van der Waals surface area contributed by atoms with Crippen LogP contribution >= 0.6 is 0 Å². The summed E-state index contributed by atoms with van der Waals surface area (Å²) in [6.45, 7) is 1.00. The minimum Gasteiger partial charge on any atom is -0.497 e. The highest BCUT2D eigenvalue weighted by Crippen LogP contribution is 2.41. The van der Waals surface area contributed by atoms with Crippen molar-refractivity contribution in [2.24, 2.45) is 0 Å². The Labute approximate surface area is 159 Å². The molecule has 27 heavy (non-hydrogen) atoms. The number of benzene rings is 3. The minimum absolute atomic E-state index is 0.179. The van der Waals surface area contributed by atoms with Crippen molar-refractivity contribution in [1.82, 2.24) is 4.98 Å². The number of nitrogens with zero attached hydrogens (tertiary/aromatic N) is 1. The maximum absolute atomic E-state index is 5.49. The van der Waals surface area contributed by atoms with E-state index in [0.29, 0.717) is 0 Å². The number of hydrogen-bond acceptors (Lipinski definition) is 2. The molecule has 3 heteroatoms. The topological polar surface area (TPSA) is 28.3 Å². The summed E-state index contributed by atoms with van der Waals surface area (Å²) in [5, 5.41) is 1.22. The fourth-order valence-corrected chi connectivity index (χ4v) is 4.27. The van der Waals surface area contributed by atoms with E-state index in [1.54, 1.807) is 7.11 Å². The summed E-state index contributed by atoms with van der Waals surface area (Å²) >= 11 is 0. The van der Waals surface area contributed by atoms with Gasteiger partial charge in [0.15, 0.2) is 0 Å². The van der Waals surface area contributed by atoms with E-state index < -0.39 is 0 Å². The van der Waals surface area contributed by atoms with Gasteiger partial charge in [0.1, 0.15) is 5.75 Å². The second-order valence-corrected chi connectivity index (χ2v) is 7.04. The standard InChI is InChI=1S/C24H22N2O/c1-27-19-11-12-23-21(15-19)22(16-25-23)24-20-10-6-5-7-17(20)13-14-26(24)18-8-3-2-4-9-18/h2-12,15-16,24-25H,13-14H2,1H3/t24-/m1/s1. The predicted molar refractivity (Wildman–Crippen MR) is 111 cm³/mol. The van der Waals surface area contributed by atoms with E-state index in [9.17, 15) is 0 Å². The molecule has 0 bridgehead atoms. The molecule has 134 valence electrons. The molecule has 0 saturated heterocycles. The summed E-state index contributed by atoms with van der Waals surface area (Å²) in [5.74, 6) is 0.888. The molecule has 0 saturated carbocycles. The summed E-state index contributed by atoms with van der Waals surface area (Å²) in [6, 6.07) is 26.0. The van der Waals surface area contributed by atoms with Gasteiger partial charge in [-0.3, -0.25) is 0 Å². The quantitative estimate of drug-likeness (QED) is 0.539. The summed E-state index contributed by atoms with van der Waals surface area (Å²) in [6.07, 6.45) is 3.22. The van der Waals surface area contributed by atoms with Crippen molar-refractivity contribution in [3.8, 4) is 5.75 Å². The molecular weight excluding hydrogens is 332 g/mol. The first-order valence-electron chi connectivity index (χ1n) is 9.39. The number of anilines is 1. The van der Waals surface area contributed by atoms with E-state index in [4.69, 9.17) is 4.74 Å². The highest BCUT2D eigenvalue weighted by Gasteiger charge is 2.30. The lowest BCUT2D eigenvalue weighted by molar-refractivity contribution is 0.415. The first-order valence-corrected chi connectivity index (χ1v) is 9.39. The Balaban J connectivity index is 1.73. The van der Waals surface area contributed by atoms with Crippen LogP contribution < -0.4 is 9.64 Å². The van der Waals surface area contributed by atoms with E-state index in [-0.39, 0.29) is 6.04 Å². The third kappa shape index (κ3) is 2.67. The molecule has 3 aromatic carbocycles. The van der Waals surface area contributed by atoms with Crippen LogP contribution in [0.3, 0.4) is 0 Å². The lowest BCUT2D eigenvalue weighted by atomic mass is 9.87. The summed E-state index contributed by atoms with van der Waals surface area (Å²) in [4.78, 5) is 5.98. The van der Waals surface area contributed by atoms with Gasteiger partial charge in [-0.25, -0.2) is 0 Å². The number of rotatable bonds is 3. The number of hydrogen-bond donors (Lipinski definition) is 1. The zero-order valence-corrected chi connectivity index (χ0v) is 15.4. The number of aromatic amines is 1. The molecule has 0 aliphatic carbocycles. The predicted octanol–water partition coefficient (Wildman–Crippen LogP) is 5.33. The minimum atomic E-state index is 0.179. The highest BCUT2D eigenvalue weighted by atomic mass is 16.5. The largest absolute Gasteiger partial charge is 0.497 e. The number of H-pyrrole nitrogens is 1. The van der Waals surface area contributed by atoms with E-state index in [0.717, 1.165) is 24.2 Å². The number of nitrogens with one attached hydrogen (secondary N) is 1. The Morgan fingerprint density at radius 1 is 0.926 bits per heavy atom. The Hall–Kier alpha value is -3.20. The van der Waals surface area contributed by atoms with Crippen molar-refractivity contribution in [3.05, 3.63) is 95.7 Å². The normalized spacial score (nSPS) is 16.3. The second-order valence-electron chi connectivity index (χ2n) is 7.04. The summed E-state index contributed by atoms with van der Waals surface area (Å²) in [5.41, 5.74) is 6.51. The zero-order chi connectivity index (χ0) is 18.2. The van der Waals surface area contributed by atoms with Gasteiger partial charge in [0.25, 0.3) is 0 Å². The monoisotopic (exact) mass is 354 g/mol.